The van der Waals surface area contributed by atoms with E-state index in [2.05, 4.69) is 4.84 Å². The largest absolute Gasteiger partial charge is 0.462 e. The van der Waals surface area contributed by atoms with Gasteiger partial charge in [0.2, 0.25) is 0 Å². The van der Waals surface area contributed by atoms with Crippen LogP contribution in [-0.2, 0) is 14.4 Å². The summed E-state index contributed by atoms with van der Waals surface area (Å²) in [6.45, 7) is 7.40. The van der Waals surface area contributed by atoms with E-state index in [9.17, 15) is 14.9 Å². The lowest BCUT2D eigenvalue weighted by Crippen LogP contribution is -2.20. The van der Waals surface area contributed by atoms with Crippen molar-refractivity contribution < 1.29 is 19.5 Å². The number of carbonyl (C=O) groups is 1. The van der Waals surface area contributed by atoms with Crippen LogP contribution in [0, 0.1) is 16.0 Å². The Morgan fingerprint density at radius 1 is 1.29 bits per heavy atom. The van der Waals surface area contributed by atoms with Crippen molar-refractivity contribution in [1.29, 1.82) is 0 Å². The van der Waals surface area contributed by atoms with E-state index in [0.29, 0.717) is 12.8 Å². The Morgan fingerprint density at radius 2 is 1.88 bits per heavy atom. The van der Waals surface area contributed by atoms with Gasteiger partial charge in [-0.1, -0.05) is 13.8 Å². The molecule has 2 atom stereocenters. The van der Waals surface area contributed by atoms with Crippen LogP contribution in [0.5, 0.6) is 0 Å². The highest BCUT2D eigenvalue weighted by atomic mass is 17.0. The smallest absolute Gasteiger partial charge is 0.306 e. The van der Waals surface area contributed by atoms with Crippen LogP contribution in [-0.4, -0.2) is 23.3 Å². The van der Waals surface area contributed by atoms with Gasteiger partial charge in [-0.2, -0.15) is 0 Å². The molecule has 0 aromatic carbocycles. The number of hydrogen-bond donors (Lipinski definition) is 0. The Morgan fingerprint density at radius 3 is 2.35 bits per heavy atom. The Bertz CT molecular complexity index is 254. The van der Waals surface area contributed by atoms with Crippen molar-refractivity contribution >= 4 is 5.97 Å². The Labute approximate surface area is 101 Å². The summed E-state index contributed by atoms with van der Waals surface area (Å²) in [5, 5.41) is 9.20. The molecule has 0 saturated heterocycles. The van der Waals surface area contributed by atoms with Crippen LogP contribution < -0.4 is 0 Å². The van der Waals surface area contributed by atoms with Crippen molar-refractivity contribution in [2.45, 2.75) is 59.2 Å². The Kier molecular flexibility index (Phi) is 7.25. The Hall–Kier alpha value is -1.33. The molecule has 0 spiro atoms. The zero-order chi connectivity index (χ0) is 13.4. The van der Waals surface area contributed by atoms with E-state index in [1.165, 1.54) is 0 Å². The molecule has 6 heteroatoms. The summed E-state index contributed by atoms with van der Waals surface area (Å²) in [5.74, 6) is 0.0233. The highest BCUT2D eigenvalue weighted by Gasteiger charge is 2.13. The van der Waals surface area contributed by atoms with Gasteiger partial charge in [0, 0.05) is 6.42 Å². The lowest BCUT2D eigenvalue weighted by molar-refractivity contribution is -0.767. The second kappa shape index (κ2) is 7.86. The molecule has 0 rings (SSSR count). The summed E-state index contributed by atoms with van der Waals surface area (Å²) in [6.07, 6.45) is 0.669. The van der Waals surface area contributed by atoms with E-state index in [-0.39, 0.29) is 24.4 Å². The van der Waals surface area contributed by atoms with E-state index in [1.807, 2.05) is 20.8 Å². The third-order valence-corrected chi connectivity index (χ3v) is 2.51. The molecule has 0 bridgehead atoms. The van der Waals surface area contributed by atoms with Crippen LogP contribution in [0.1, 0.15) is 47.0 Å². The normalized spacial score (nSPS) is 14.2. The maximum Gasteiger partial charge on any atom is 0.306 e. The minimum atomic E-state index is -0.816. The maximum absolute atomic E-state index is 11.4. The topological polar surface area (TPSA) is 78.7 Å². The van der Waals surface area contributed by atoms with Crippen LogP contribution in [0.25, 0.3) is 0 Å². The molecule has 0 N–H and O–H groups in total. The summed E-state index contributed by atoms with van der Waals surface area (Å²) in [5.41, 5.74) is 0. The van der Waals surface area contributed by atoms with E-state index >= 15 is 0 Å². The van der Waals surface area contributed by atoms with Gasteiger partial charge in [-0.05, 0) is 32.6 Å². The summed E-state index contributed by atoms with van der Waals surface area (Å²) in [4.78, 5) is 25.7. The highest BCUT2D eigenvalue weighted by molar-refractivity contribution is 5.69. The number of nitrogens with zero attached hydrogens (tertiary/aromatic N) is 1. The number of esters is 1. The molecule has 1 unspecified atom stereocenters. The molecule has 0 aliphatic heterocycles. The maximum atomic E-state index is 11.4. The summed E-state index contributed by atoms with van der Waals surface area (Å²) < 4.78 is 5.16. The molecule has 0 aromatic heterocycles. The van der Waals surface area contributed by atoms with Crippen molar-refractivity contribution in [3.8, 4) is 0 Å². The fourth-order valence-electron chi connectivity index (χ4n) is 1.14. The lowest BCUT2D eigenvalue weighted by Gasteiger charge is -2.16. The van der Waals surface area contributed by atoms with Gasteiger partial charge in [0.15, 0.2) is 0 Å². The van der Waals surface area contributed by atoms with E-state index in [0.717, 1.165) is 0 Å². The van der Waals surface area contributed by atoms with Gasteiger partial charge < -0.3 is 9.57 Å². The lowest BCUT2D eigenvalue weighted by atomic mass is 10.1. The van der Waals surface area contributed by atoms with Crippen LogP contribution >= 0.6 is 0 Å². The molecular formula is C11H21NO5. The molecular weight excluding hydrogens is 226 g/mol. The first kappa shape index (κ1) is 15.7. The molecule has 0 aliphatic rings. The third kappa shape index (κ3) is 8.47. The first-order valence-corrected chi connectivity index (χ1v) is 5.83. The second-order valence-corrected chi connectivity index (χ2v) is 4.47. The molecule has 0 fully saturated rings. The molecule has 0 saturated carbocycles. The van der Waals surface area contributed by atoms with Crippen LogP contribution in [0.4, 0.5) is 0 Å². The van der Waals surface area contributed by atoms with Gasteiger partial charge in [-0.15, -0.1) is 10.1 Å². The fraction of sp³-hybridized carbons (Fsp3) is 0.909. The molecule has 100 valence electrons. The van der Waals surface area contributed by atoms with Crippen molar-refractivity contribution in [2.75, 3.05) is 0 Å². The van der Waals surface area contributed by atoms with E-state index in [4.69, 9.17) is 4.74 Å². The van der Waals surface area contributed by atoms with Gasteiger partial charge in [0.1, 0.15) is 12.2 Å². The molecule has 0 aliphatic carbocycles. The molecule has 0 aromatic rings. The van der Waals surface area contributed by atoms with Crippen molar-refractivity contribution in [3.05, 3.63) is 10.1 Å². The molecule has 0 amide bonds. The van der Waals surface area contributed by atoms with E-state index < -0.39 is 11.2 Å². The zero-order valence-electron chi connectivity index (χ0n) is 10.8. The summed E-state index contributed by atoms with van der Waals surface area (Å²) in [7, 11) is 0. The van der Waals surface area contributed by atoms with Crippen molar-refractivity contribution in [3.63, 3.8) is 0 Å². The number of carbonyl (C=O) groups excluding carboxylic acids is 1. The van der Waals surface area contributed by atoms with Gasteiger partial charge in [-0.3, -0.25) is 4.79 Å². The number of hydrogen-bond acceptors (Lipinski definition) is 5. The van der Waals surface area contributed by atoms with Gasteiger partial charge in [0.05, 0.1) is 0 Å². The number of rotatable bonds is 8. The standard InChI is InChI=1S/C11H21NO5/c1-8(2)10(4)16-11(13)7-5-6-9(3)17-12(14)15/h8-10H,5-7H2,1-4H3/t9-,10?/m0/s1. The first-order chi connectivity index (χ1) is 7.82. The Balaban J connectivity index is 3.67. The van der Waals surface area contributed by atoms with Gasteiger partial charge in [0.25, 0.3) is 5.09 Å². The van der Waals surface area contributed by atoms with E-state index in [1.54, 1.807) is 6.92 Å². The van der Waals surface area contributed by atoms with Gasteiger partial charge in [-0.25, -0.2) is 0 Å². The van der Waals surface area contributed by atoms with Crippen LogP contribution in [0.15, 0.2) is 0 Å². The van der Waals surface area contributed by atoms with Crippen LogP contribution in [0.3, 0.4) is 0 Å². The van der Waals surface area contributed by atoms with Gasteiger partial charge >= 0.3 is 5.97 Å². The average Bonchev–Trinajstić information content (AvgIpc) is 2.15. The monoisotopic (exact) mass is 247 g/mol. The second-order valence-electron chi connectivity index (χ2n) is 4.47. The SMILES string of the molecule is CC(C)C(C)OC(=O)CCC[C@H](C)O[N+](=O)[O-]. The first-order valence-electron chi connectivity index (χ1n) is 5.83. The molecule has 6 nitrogen and oxygen atoms in total. The minimum absolute atomic E-state index is 0.102. The predicted molar refractivity (Wildman–Crippen MR) is 61.8 cm³/mol. The molecule has 17 heavy (non-hydrogen) atoms. The summed E-state index contributed by atoms with van der Waals surface area (Å²) >= 11 is 0. The molecule has 0 radical (unpaired) electrons. The molecule has 0 heterocycles. The zero-order valence-corrected chi connectivity index (χ0v) is 10.8. The third-order valence-electron chi connectivity index (χ3n) is 2.51. The highest BCUT2D eigenvalue weighted by Crippen LogP contribution is 2.09. The minimum Gasteiger partial charge on any atom is -0.462 e. The number of ether oxygens (including phenoxy) is 1. The average molecular weight is 247 g/mol. The van der Waals surface area contributed by atoms with Crippen LogP contribution in [0.2, 0.25) is 0 Å². The summed E-state index contributed by atoms with van der Waals surface area (Å²) in [6, 6.07) is 0. The predicted octanol–water partition coefficient (Wildman–Crippen LogP) is 2.34. The van der Waals surface area contributed by atoms with Crippen molar-refractivity contribution in [2.24, 2.45) is 5.92 Å². The fourth-order valence-corrected chi connectivity index (χ4v) is 1.14. The van der Waals surface area contributed by atoms with Crippen molar-refractivity contribution in [1.82, 2.24) is 0 Å². The quantitative estimate of drug-likeness (QED) is 0.373.